The Balaban J connectivity index is 1.97. The minimum Gasteiger partial charge on any atom is -0.485 e. The lowest BCUT2D eigenvalue weighted by Crippen LogP contribution is -2.19. The summed E-state index contributed by atoms with van der Waals surface area (Å²) in [6.45, 7) is 0. The van der Waals surface area contributed by atoms with E-state index in [9.17, 15) is 5.11 Å². The molecule has 0 saturated carbocycles. The van der Waals surface area contributed by atoms with Gasteiger partial charge >= 0.3 is 0 Å². The lowest BCUT2D eigenvalue weighted by Gasteiger charge is -2.30. The Hall–Kier alpha value is -0.740. The number of benzene rings is 2. The number of hydrogen-bond acceptors (Lipinski definition) is 2. The first-order valence-electron chi connectivity index (χ1n) is 6.13. The molecule has 0 radical (unpaired) electrons. The maximum absolute atomic E-state index is 10.3. The van der Waals surface area contributed by atoms with Crippen molar-refractivity contribution in [3.05, 3.63) is 62.0 Å². The van der Waals surface area contributed by atoms with Crippen LogP contribution in [-0.2, 0) is 0 Å². The van der Waals surface area contributed by atoms with Crippen molar-refractivity contribution in [2.45, 2.75) is 18.6 Å². The van der Waals surface area contributed by atoms with E-state index in [2.05, 4.69) is 15.9 Å². The van der Waals surface area contributed by atoms with E-state index in [1.54, 1.807) is 18.2 Å². The monoisotopic (exact) mass is 372 g/mol. The lowest BCUT2D eigenvalue weighted by molar-refractivity contribution is 0.0654. The summed E-state index contributed by atoms with van der Waals surface area (Å²) in [6, 6.07) is 10.8. The number of fused-ring (bicyclic) bond motifs is 1. The van der Waals surface area contributed by atoms with Crippen molar-refractivity contribution in [2.24, 2.45) is 0 Å². The fraction of sp³-hybridized carbons (Fsp3) is 0.200. The normalized spacial score (nSPS) is 21.2. The number of halogens is 3. The smallest absolute Gasteiger partial charge is 0.128 e. The van der Waals surface area contributed by atoms with Gasteiger partial charge in [-0.1, -0.05) is 45.2 Å². The third-order valence-corrected chi connectivity index (χ3v) is 4.50. The van der Waals surface area contributed by atoms with Crippen LogP contribution in [0.4, 0.5) is 0 Å². The van der Waals surface area contributed by atoms with Gasteiger partial charge in [0.25, 0.3) is 0 Å². The van der Waals surface area contributed by atoms with Crippen molar-refractivity contribution >= 4 is 39.1 Å². The van der Waals surface area contributed by atoms with Gasteiger partial charge in [-0.3, -0.25) is 0 Å². The van der Waals surface area contributed by atoms with Crippen LogP contribution in [0.2, 0.25) is 10.0 Å². The molecule has 0 spiro atoms. The molecule has 104 valence electrons. The molecule has 3 rings (SSSR count). The Morgan fingerprint density at radius 1 is 1.05 bits per heavy atom. The maximum atomic E-state index is 10.3. The average molecular weight is 374 g/mol. The van der Waals surface area contributed by atoms with Crippen LogP contribution in [0.25, 0.3) is 0 Å². The zero-order chi connectivity index (χ0) is 14.3. The summed E-state index contributed by atoms with van der Waals surface area (Å²) in [5.74, 6) is 0.667. The molecule has 0 fully saturated rings. The van der Waals surface area contributed by atoms with Crippen LogP contribution >= 0.6 is 39.1 Å². The Bertz CT molecular complexity index is 660. The van der Waals surface area contributed by atoms with Gasteiger partial charge in [0.15, 0.2) is 0 Å². The summed E-state index contributed by atoms with van der Waals surface area (Å²) < 4.78 is 6.85. The van der Waals surface area contributed by atoms with Crippen molar-refractivity contribution in [1.29, 1.82) is 0 Å². The molecule has 1 aliphatic heterocycles. The molecule has 0 amide bonds. The van der Waals surface area contributed by atoms with Gasteiger partial charge in [-0.25, -0.2) is 0 Å². The fourth-order valence-electron chi connectivity index (χ4n) is 2.37. The molecule has 2 aromatic carbocycles. The third-order valence-electron chi connectivity index (χ3n) is 3.35. The van der Waals surface area contributed by atoms with E-state index >= 15 is 0 Å². The Morgan fingerprint density at radius 3 is 2.50 bits per heavy atom. The van der Waals surface area contributed by atoms with Crippen LogP contribution in [0.1, 0.15) is 29.8 Å². The zero-order valence-electron chi connectivity index (χ0n) is 10.3. The van der Waals surface area contributed by atoms with Gasteiger partial charge in [0.2, 0.25) is 0 Å². The van der Waals surface area contributed by atoms with Gasteiger partial charge in [0.05, 0.1) is 6.10 Å². The van der Waals surface area contributed by atoms with E-state index in [-0.39, 0.29) is 6.10 Å². The summed E-state index contributed by atoms with van der Waals surface area (Å²) in [4.78, 5) is 0. The van der Waals surface area contributed by atoms with Crippen LogP contribution in [0.15, 0.2) is 40.9 Å². The molecule has 20 heavy (non-hydrogen) atoms. The minimum atomic E-state index is -0.593. The van der Waals surface area contributed by atoms with Gasteiger partial charge in [-0.2, -0.15) is 0 Å². The topological polar surface area (TPSA) is 29.5 Å². The van der Waals surface area contributed by atoms with Crippen LogP contribution < -0.4 is 4.74 Å². The second kappa shape index (κ2) is 5.57. The second-order valence-corrected chi connectivity index (χ2v) is 6.43. The highest BCUT2D eigenvalue weighted by Gasteiger charge is 2.29. The average Bonchev–Trinajstić information content (AvgIpc) is 2.39. The molecule has 1 unspecified atom stereocenters. The van der Waals surface area contributed by atoms with Gasteiger partial charge < -0.3 is 9.84 Å². The molecule has 0 bridgehead atoms. The predicted octanol–water partition coefficient (Wildman–Crippen LogP) is 5.31. The molecular formula is C15H11BrCl2O2. The molecule has 1 heterocycles. The van der Waals surface area contributed by atoms with E-state index in [1.807, 2.05) is 18.2 Å². The quantitative estimate of drug-likeness (QED) is 0.733. The highest BCUT2D eigenvalue weighted by atomic mass is 79.9. The summed E-state index contributed by atoms with van der Waals surface area (Å²) >= 11 is 15.4. The van der Waals surface area contributed by atoms with Gasteiger partial charge in [-0.15, -0.1) is 0 Å². The highest BCUT2D eigenvalue weighted by Crippen LogP contribution is 2.43. The number of hydrogen-bond donors (Lipinski definition) is 1. The summed E-state index contributed by atoms with van der Waals surface area (Å²) in [5.41, 5.74) is 1.70. The first kappa shape index (κ1) is 14.2. The van der Waals surface area contributed by atoms with E-state index < -0.39 is 6.10 Å². The standard InChI is InChI=1S/C15H11BrCl2O2/c16-12-6-9(18)1-3-10(12)15-7-13(19)11-5-8(17)2-4-14(11)20-15/h1-6,13,15,19H,7H2/t13-,15?/m1/s1. The minimum absolute atomic E-state index is 0.217. The van der Waals surface area contributed by atoms with Crippen molar-refractivity contribution < 1.29 is 9.84 Å². The van der Waals surface area contributed by atoms with Crippen molar-refractivity contribution in [2.75, 3.05) is 0 Å². The number of aliphatic hydroxyl groups excluding tert-OH is 1. The Labute approximate surface area is 135 Å². The number of aliphatic hydroxyl groups is 1. The Morgan fingerprint density at radius 2 is 1.75 bits per heavy atom. The molecule has 0 saturated heterocycles. The molecule has 1 N–H and O–H groups in total. The van der Waals surface area contributed by atoms with E-state index in [0.717, 1.165) is 15.6 Å². The van der Waals surface area contributed by atoms with Crippen LogP contribution in [-0.4, -0.2) is 5.11 Å². The van der Waals surface area contributed by atoms with Crippen molar-refractivity contribution in [3.8, 4) is 5.75 Å². The van der Waals surface area contributed by atoms with Gasteiger partial charge in [0, 0.05) is 32.1 Å². The molecule has 2 aromatic rings. The van der Waals surface area contributed by atoms with Crippen LogP contribution in [0.5, 0.6) is 5.75 Å². The molecule has 0 aliphatic carbocycles. The molecular weight excluding hydrogens is 363 g/mol. The first-order valence-corrected chi connectivity index (χ1v) is 7.68. The summed E-state index contributed by atoms with van der Waals surface area (Å²) in [5, 5.41) is 11.5. The summed E-state index contributed by atoms with van der Waals surface area (Å²) in [7, 11) is 0. The largest absolute Gasteiger partial charge is 0.485 e. The van der Waals surface area contributed by atoms with E-state index in [0.29, 0.717) is 22.2 Å². The van der Waals surface area contributed by atoms with Crippen molar-refractivity contribution in [3.63, 3.8) is 0 Å². The Kier molecular flexibility index (Phi) is 3.95. The van der Waals surface area contributed by atoms with E-state index in [4.69, 9.17) is 27.9 Å². The highest BCUT2D eigenvalue weighted by molar-refractivity contribution is 9.10. The van der Waals surface area contributed by atoms with Crippen LogP contribution in [0, 0.1) is 0 Å². The maximum Gasteiger partial charge on any atom is 0.128 e. The van der Waals surface area contributed by atoms with Gasteiger partial charge in [0.1, 0.15) is 11.9 Å². The molecule has 2 atom stereocenters. The third kappa shape index (κ3) is 2.68. The zero-order valence-corrected chi connectivity index (χ0v) is 13.4. The SMILES string of the molecule is O[C@@H]1CC(c2ccc(Cl)cc2Br)Oc2ccc(Cl)cc21. The second-order valence-electron chi connectivity index (χ2n) is 4.71. The molecule has 0 aromatic heterocycles. The molecule has 5 heteroatoms. The fourth-order valence-corrected chi connectivity index (χ4v) is 3.49. The lowest BCUT2D eigenvalue weighted by atomic mass is 9.95. The summed E-state index contributed by atoms with van der Waals surface area (Å²) in [6.07, 6.45) is -0.330. The predicted molar refractivity (Wildman–Crippen MR) is 83.5 cm³/mol. The number of ether oxygens (including phenoxy) is 1. The van der Waals surface area contributed by atoms with E-state index in [1.165, 1.54) is 0 Å². The number of rotatable bonds is 1. The van der Waals surface area contributed by atoms with Crippen molar-refractivity contribution in [1.82, 2.24) is 0 Å². The molecule has 2 nitrogen and oxygen atoms in total. The molecule has 1 aliphatic rings. The van der Waals surface area contributed by atoms with Gasteiger partial charge in [-0.05, 0) is 30.3 Å². The first-order chi connectivity index (χ1) is 9.54. The van der Waals surface area contributed by atoms with Crippen LogP contribution in [0.3, 0.4) is 0 Å².